The van der Waals surface area contributed by atoms with Crippen LogP contribution in [0.5, 0.6) is 0 Å². The van der Waals surface area contributed by atoms with Crippen LogP contribution in [-0.2, 0) is 0 Å². The van der Waals surface area contributed by atoms with Crippen molar-refractivity contribution >= 4 is 11.8 Å². The highest BCUT2D eigenvalue weighted by molar-refractivity contribution is 7.98. The van der Waals surface area contributed by atoms with Crippen molar-refractivity contribution in [2.75, 3.05) is 12.8 Å². The van der Waals surface area contributed by atoms with Crippen LogP contribution >= 0.6 is 11.8 Å². The van der Waals surface area contributed by atoms with Gasteiger partial charge in [0.2, 0.25) is 0 Å². The molecule has 19 heavy (non-hydrogen) atoms. The minimum atomic E-state index is 0.272. The van der Waals surface area contributed by atoms with Gasteiger partial charge in [-0.05, 0) is 36.9 Å². The monoisotopic (exact) mass is 271 g/mol. The van der Waals surface area contributed by atoms with Gasteiger partial charge in [-0.3, -0.25) is 0 Å². The fourth-order valence-electron chi connectivity index (χ4n) is 2.37. The maximum atomic E-state index is 3.60. The first-order chi connectivity index (χ1) is 9.26. The summed E-state index contributed by atoms with van der Waals surface area (Å²) < 4.78 is 0. The number of rotatable bonds is 5. The Morgan fingerprint density at radius 3 is 2.58 bits per heavy atom. The zero-order valence-corrected chi connectivity index (χ0v) is 12.6. The highest BCUT2D eigenvalue weighted by atomic mass is 32.2. The Bertz CT molecular complexity index is 536. The summed E-state index contributed by atoms with van der Waals surface area (Å²) >= 11 is 1.81. The molecule has 0 amide bonds. The average Bonchev–Trinajstić information content (AvgIpc) is 2.45. The summed E-state index contributed by atoms with van der Waals surface area (Å²) in [5.41, 5.74) is 4.01. The first kappa shape index (κ1) is 14.2. The third kappa shape index (κ3) is 3.40. The summed E-state index contributed by atoms with van der Waals surface area (Å²) in [5.74, 6) is 0. The van der Waals surface area contributed by atoms with Gasteiger partial charge in [-0.1, -0.05) is 55.0 Å². The SMILES string of the molecule is CCNC(c1cccc(C)c1)c1ccccc1SC. The zero-order chi connectivity index (χ0) is 13.7. The van der Waals surface area contributed by atoms with Crippen LogP contribution in [0.1, 0.15) is 29.7 Å². The number of hydrogen-bond acceptors (Lipinski definition) is 2. The van der Waals surface area contributed by atoms with Gasteiger partial charge < -0.3 is 5.32 Å². The van der Waals surface area contributed by atoms with Crippen molar-refractivity contribution in [3.05, 3.63) is 65.2 Å². The largest absolute Gasteiger partial charge is 0.306 e. The Labute approximate surface area is 120 Å². The van der Waals surface area contributed by atoms with Crippen molar-refractivity contribution in [2.45, 2.75) is 24.8 Å². The molecule has 1 atom stereocenters. The fourth-order valence-corrected chi connectivity index (χ4v) is 3.00. The molecule has 2 rings (SSSR count). The van der Waals surface area contributed by atoms with E-state index < -0.39 is 0 Å². The summed E-state index contributed by atoms with van der Waals surface area (Å²) in [4.78, 5) is 1.34. The third-order valence-corrected chi connectivity index (χ3v) is 4.05. The van der Waals surface area contributed by atoms with Gasteiger partial charge in [0.15, 0.2) is 0 Å². The summed E-state index contributed by atoms with van der Waals surface area (Å²) in [7, 11) is 0. The van der Waals surface area contributed by atoms with E-state index in [-0.39, 0.29) is 6.04 Å². The van der Waals surface area contributed by atoms with E-state index in [1.807, 2.05) is 11.8 Å². The van der Waals surface area contributed by atoms with E-state index in [4.69, 9.17) is 0 Å². The van der Waals surface area contributed by atoms with Crippen molar-refractivity contribution in [1.29, 1.82) is 0 Å². The molecule has 0 saturated heterocycles. The van der Waals surface area contributed by atoms with E-state index in [9.17, 15) is 0 Å². The van der Waals surface area contributed by atoms with Crippen molar-refractivity contribution in [2.24, 2.45) is 0 Å². The molecule has 1 N–H and O–H groups in total. The smallest absolute Gasteiger partial charge is 0.0587 e. The van der Waals surface area contributed by atoms with Gasteiger partial charge in [-0.15, -0.1) is 11.8 Å². The maximum absolute atomic E-state index is 3.60. The molecule has 2 aromatic rings. The zero-order valence-electron chi connectivity index (χ0n) is 11.8. The summed E-state index contributed by atoms with van der Waals surface area (Å²) in [6.07, 6.45) is 2.14. The molecule has 0 heterocycles. The Morgan fingerprint density at radius 1 is 1.11 bits per heavy atom. The lowest BCUT2D eigenvalue weighted by atomic mass is 9.97. The highest BCUT2D eigenvalue weighted by Gasteiger charge is 2.15. The molecule has 0 spiro atoms. The normalized spacial score (nSPS) is 12.4. The van der Waals surface area contributed by atoms with E-state index in [0.717, 1.165) is 6.54 Å². The lowest BCUT2D eigenvalue weighted by molar-refractivity contribution is 0.622. The number of benzene rings is 2. The quantitative estimate of drug-likeness (QED) is 0.808. The Hall–Kier alpha value is -1.25. The molecule has 0 aliphatic carbocycles. The van der Waals surface area contributed by atoms with E-state index in [2.05, 4.69) is 74.0 Å². The standard InChI is InChI=1S/C17H21NS/c1-4-18-17(14-9-7-8-13(2)12-14)15-10-5-6-11-16(15)19-3/h5-12,17-18H,4H2,1-3H3. The molecular formula is C17H21NS. The molecule has 2 aromatic carbocycles. The van der Waals surface area contributed by atoms with E-state index in [0.29, 0.717) is 0 Å². The van der Waals surface area contributed by atoms with Crippen molar-refractivity contribution in [3.8, 4) is 0 Å². The average molecular weight is 271 g/mol. The van der Waals surface area contributed by atoms with E-state index in [1.54, 1.807) is 0 Å². The lowest BCUT2D eigenvalue weighted by Crippen LogP contribution is -2.22. The second kappa shape index (κ2) is 6.78. The van der Waals surface area contributed by atoms with Crippen molar-refractivity contribution in [1.82, 2.24) is 5.32 Å². The summed E-state index contributed by atoms with van der Waals surface area (Å²) in [5, 5.41) is 3.60. The van der Waals surface area contributed by atoms with Crippen LogP contribution < -0.4 is 5.32 Å². The third-order valence-electron chi connectivity index (χ3n) is 3.23. The number of thioether (sulfide) groups is 1. The van der Waals surface area contributed by atoms with Gasteiger partial charge >= 0.3 is 0 Å². The highest BCUT2D eigenvalue weighted by Crippen LogP contribution is 2.30. The van der Waals surface area contributed by atoms with Gasteiger partial charge in [0.1, 0.15) is 0 Å². The minimum absolute atomic E-state index is 0.272. The predicted octanol–water partition coefficient (Wildman–Crippen LogP) is 4.42. The number of nitrogens with one attached hydrogen (secondary N) is 1. The Kier molecular flexibility index (Phi) is 5.06. The number of aryl methyl sites for hydroxylation is 1. The Balaban J connectivity index is 2.45. The summed E-state index contributed by atoms with van der Waals surface area (Å²) in [6.45, 7) is 5.26. The maximum Gasteiger partial charge on any atom is 0.0587 e. The first-order valence-electron chi connectivity index (χ1n) is 6.69. The van der Waals surface area contributed by atoms with Crippen LogP contribution in [0, 0.1) is 6.92 Å². The second-order valence-corrected chi connectivity index (χ2v) is 5.49. The Morgan fingerprint density at radius 2 is 1.89 bits per heavy atom. The molecule has 0 aromatic heterocycles. The van der Waals surface area contributed by atoms with Gasteiger partial charge in [0.25, 0.3) is 0 Å². The minimum Gasteiger partial charge on any atom is -0.306 e. The number of hydrogen-bond donors (Lipinski definition) is 1. The van der Waals surface area contributed by atoms with Crippen LogP contribution in [0.2, 0.25) is 0 Å². The van der Waals surface area contributed by atoms with Gasteiger partial charge in [0, 0.05) is 4.90 Å². The molecular weight excluding hydrogens is 250 g/mol. The van der Waals surface area contributed by atoms with Crippen LogP contribution in [0.15, 0.2) is 53.4 Å². The topological polar surface area (TPSA) is 12.0 Å². The molecule has 0 fully saturated rings. The molecule has 1 unspecified atom stereocenters. The van der Waals surface area contributed by atoms with Crippen molar-refractivity contribution < 1.29 is 0 Å². The molecule has 0 bridgehead atoms. The second-order valence-electron chi connectivity index (χ2n) is 4.65. The van der Waals surface area contributed by atoms with E-state index >= 15 is 0 Å². The van der Waals surface area contributed by atoms with Crippen LogP contribution in [0.4, 0.5) is 0 Å². The van der Waals surface area contributed by atoms with Gasteiger partial charge in [0.05, 0.1) is 6.04 Å². The molecule has 100 valence electrons. The molecule has 0 radical (unpaired) electrons. The molecule has 2 heteroatoms. The van der Waals surface area contributed by atoms with Crippen molar-refractivity contribution in [3.63, 3.8) is 0 Å². The first-order valence-corrected chi connectivity index (χ1v) is 7.91. The van der Waals surface area contributed by atoms with Crippen LogP contribution in [-0.4, -0.2) is 12.8 Å². The fraction of sp³-hybridized carbons (Fsp3) is 0.294. The molecule has 0 saturated carbocycles. The van der Waals surface area contributed by atoms with Gasteiger partial charge in [-0.2, -0.15) is 0 Å². The van der Waals surface area contributed by atoms with Gasteiger partial charge in [-0.25, -0.2) is 0 Å². The van der Waals surface area contributed by atoms with Crippen LogP contribution in [0.3, 0.4) is 0 Å². The van der Waals surface area contributed by atoms with E-state index in [1.165, 1.54) is 21.6 Å². The predicted molar refractivity (Wildman–Crippen MR) is 84.9 cm³/mol. The summed E-state index contributed by atoms with van der Waals surface area (Å²) in [6, 6.07) is 17.7. The molecule has 0 aliphatic rings. The van der Waals surface area contributed by atoms with Crippen LogP contribution in [0.25, 0.3) is 0 Å². The molecule has 1 nitrogen and oxygen atoms in total. The molecule has 0 aliphatic heterocycles. The lowest BCUT2D eigenvalue weighted by Gasteiger charge is -2.21.